The molecule has 4 heteroatoms. The highest BCUT2D eigenvalue weighted by molar-refractivity contribution is 5.85. The van der Waals surface area contributed by atoms with E-state index >= 15 is 0 Å². The highest BCUT2D eigenvalue weighted by Crippen LogP contribution is 2.41. The molecule has 1 amide bonds. The van der Waals surface area contributed by atoms with Crippen molar-refractivity contribution in [2.45, 2.75) is 58.3 Å². The minimum Gasteiger partial charge on any atom is -0.356 e. The third kappa shape index (κ3) is 4.35. The summed E-state index contributed by atoms with van der Waals surface area (Å²) in [7, 11) is 0. The van der Waals surface area contributed by atoms with Gasteiger partial charge in [-0.05, 0) is 57.5 Å². The first-order valence-electron chi connectivity index (χ1n) is 7.76. The molecule has 0 aromatic carbocycles. The smallest absolute Gasteiger partial charge is 0.226 e. The SMILES string of the molecule is CCC1(C(=O)NCCC2CCCNC2)CCCC1.Cl. The third-order valence-electron chi connectivity index (χ3n) is 4.96. The van der Waals surface area contributed by atoms with Crippen molar-refractivity contribution in [1.82, 2.24) is 10.6 Å². The van der Waals surface area contributed by atoms with Gasteiger partial charge in [-0.3, -0.25) is 4.79 Å². The average molecular weight is 289 g/mol. The van der Waals surface area contributed by atoms with Crippen LogP contribution in [0.4, 0.5) is 0 Å². The lowest BCUT2D eigenvalue weighted by Crippen LogP contribution is -2.40. The number of rotatable bonds is 5. The van der Waals surface area contributed by atoms with E-state index in [2.05, 4.69) is 17.6 Å². The molecule has 0 spiro atoms. The topological polar surface area (TPSA) is 41.1 Å². The van der Waals surface area contributed by atoms with E-state index in [4.69, 9.17) is 0 Å². The molecule has 0 aromatic rings. The number of nitrogens with one attached hydrogen (secondary N) is 2. The van der Waals surface area contributed by atoms with Crippen molar-refractivity contribution in [1.29, 1.82) is 0 Å². The predicted molar refractivity (Wildman–Crippen MR) is 81.7 cm³/mol. The highest BCUT2D eigenvalue weighted by atomic mass is 35.5. The van der Waals surface area contributed by atoms with E-state index in [0.717, 1.165) is 44.7 Å². The van der Waals surface area contributed by atoms with Gasteiger partial charge in [-0.25, -0.2) is 0 Å². The Morgan fingerprint density at radius 1 is 1.32 bits per heavy atom. The molecule has 3 nitrogen and oxygen atoms in total. The van der Waals surface area contributed by atoms with Crippen LogP contribution in [0.3, 0.4) is 0 Å². The van der Waals surface area contributed by atoms with Crippen LogP contribution in [0.5, 0.6) is 0 Å². The van der Waals surface area contributed by atoms with Gasteiger partial charge in [-0.15, -0.1) is 12.4 Å². The largest absolute Gasteiger partial charge is 0.356 e. The number of halogens is 1. The standard InChI is InChI=1S/C15H28N2O.ClH/c1-2-15(8-3-4-9-15)14(18)17-11-7-13-6-5-10-16-12-13;/h13,16H,2-12H2,1H3,(H,17,18);1H. The van der Waals surface area contributed by atoms with E-state index in [1.165, 1.54) is 32.2 Å². The van der Waals surface area contributed by atoms with Gasteiger partial charge in [-0.1, -0.05) is 19.8 Å². The van der Waals surface area contributed by atoms with Crippen LogP contribution in [0.15, 0.2) is 0 Å². The van der Waals surface area contributed by atoms with Crippen LogP contribution in [0.1, 0.15) is 58.3 Å². The van der Waals surface area contributed by atoms with Crippen LogP contribution in [0.25, 0.3) is 0 Å². The molecule has 1 aliphatic heterocycles. The molecular formula is C15H29ClN2O. The number of carbonyl (C=O) groups is 1. The zero-order chi connectivity index (χ0) is 12.8. The van der Waals surface area contributed by atoms with E-state index < -0.39 is 0 Å². The van der Waals surface area contributed by atoms with Crippen LogP contribution in [-0.4, -0.2) is 25.5 Å². The quantitative estimate of drug-likeness (QED) is 0.817. The molecular weight excluding hydrogens is 260 g/mol. The Hall–Kier alpha value is -0.280. The first-order chi connectivity index (χ1) is 8.77. The van der Waals surface area contributed by atoms with Gasteiger partial charge in [0.25, 0.3) is 0 Å². The van der Waals surface area contributed by atoms with Gasteiger partial charge in [0.05, 0.1) is 0 Å². The Kier molecular flexibility index (Phi) is 7.16. The van der Waals surface area contributed by atoms with Gasteiger partial charge >= 0.3 is 0 Å². The first kappa shape index (κ1) is 16.8. The van der Waals surface area contributed by atoms with E-state index in [9.17, 15) is 4.79 Å². The molecule has 2 aliphatic rings. The Labute approximate surface area is 123 Å². The summed E-state index contributed by atoms with van der Waals surface area (Å²) in [5.74, 6) is 1.09. The Morgan fingerprint density at radius 3 is 2.63 bits per heavy atom. The van der Waals surface area contributed by atoms with Crippen LogP contribution < -0.4 is 10.6 Å². The Morgan fingerprint density at radius 2 is 2.05 bits per heavy atom. The lowest BCUT2D eigenvalue weighted by molar-refractivity contribution is -0.131. The Bertz CT molecular complexity index is 271. The molecule has 1 saturated heterocycles. The summed E-state index contributed by atoms with van der Waals surface area (Å²) in [6.07, 6.45) is 9.41. The van der Waals surface area contributed by atoms with E-state index in [1.807, 2.05) is 0 Å². The summed E-state index contributed by atoms with van der Waals surface area (Å²) in [5.41, 5.74) is -0.0230. The highest BCUT2D eigenvalue weighted by Gasteiger charge is 2.38. The normalized spacial score (nSPS) is 25.6. The van der Waals surface area contributed by atoms with E-state index in [0.29, 0.717) is 5.91 Å². The monoisotopic (exact) mass is 288 g/mol. The molecule has 0 radical (unpaired) electrons. The average Bonchev–Trinajstić information content (AvgIpc) is 2.90. The Balaban J connectivity index is 0.00000180. The number of amides is 1. The van der Waals surface area contributed by atoms with Crippen molar-refractivity contribution >= 4 is 18.3 Å². The lowest BCUT2D eigenvalue weighted by atomic mass is 9.82. The fraction of sp³-hybridized carbons (Fsp3) is 0.933. The number of piperidine rings is 1. The fourth-order valence-electron chi connectivity index (χ4n) is 3.54. The predicted octanol–water partition coefficient (Wildman–Crippen LogP) is 2.88. The summed E-state index contributed by atoms with van der Waals surface area (Å²) in [6, 6.07) is 0. The zero-order valence-electron chi connectivity index (χ0n) is 12.2. The number of carbonyl (C=O) groups excluding carboxylic acids is 1. The van der Waals surface area contributed by atoms with Crippen molar-refractivity contribution in [2.75, 3.05) is 19.6 Å². The zero-order valence-corrected chi connectivity index (χ0v) is 13.0. The molecule has 2 rings (SSSR count). The summed E-state index contributed by atoms with van der Waals surface area (Å²) in [4.78, 5) is 12.3. The van der Waals surface area contributed by atoms with Gasteiger partial charge in [0.15, 0.2) is 0 Å². The molecule has 1 atom stereocenters. The van der Waals surface area contributed by atoms with Gasteiger partial charge in [0.2, 0.25) is 5.91 Å². The molecule has 1 saturated carbocycles. The lowest BCUT2D eigenvalue weighted by Gasteiger charge is -2.27. The van der Waals surface area contributed by atoms with Crippen LogP contribution in [0.2, 0.25) is 0 Å². The van der Waals surface area contributed by atoms with Crippen molar-refractivity contribution < 1.29 is 4.79 Å². The number of hydrogen-bond acceptors (Lipinski definition) is 2. The van der Waals surface area contributed by atoms with Gasteiger partial charge in [-0.2, -0.15) is 0 Å². The van der Waals surface area contributed by atoms with Gasteiger partial charge in [0.1, 0.15) is 0 Å². The fourth-order valence-corrected chi connectivity index (χ4v) is 3.54. The van der Waals surface area contributed by atoms with Crippen LogP contribution >= 0.6 is 12.4 Å². The van der Waals surface area contributed by atoms with Crippen LogP contribution in [0, 0.1) is 11.3 Å². The maximum absolute atomic E-state index is 12.3. The third-order valence-corrected chi connectivity index (χ3v) is 4.96. The van der Waals surface area contributed by atoms with Crippen molar-refractivity contribution in [3.63, 3.8) is 0 Å². The van der Waals surface area contributed by atoms with Gasteiger partial charge < -0.3 is 10.6 Å². The summed E-state index contributed by atoms with van der Waals surface area (Å²) >= 11 is 0. The summed E-state index contributed by atoms with van der Waals surface area (Å²) in [5, 5.41) is 6.63. The van der Waals surface area contributed by atoms with Crippen LogP contribution in [-0.2, 0) is 4.79 Å². The molecule has 0 bridgehead atoms. The number of hydrogen-bond donors (Lipinski definition) is 2. The molecule has 0 aromatic heterocycles. The van der Waals surface area contributed by atoms with Crippen molar-refractivity contribution in [3.8, 4) is 0 Å². The van der Waals surface area contributed by atoms with Crippen molar-refractivity contribution in [3.05, 3.63) is 0 Å². The molecule has 19 heavy (non-hydrogen) atoms. The maximum Gasteiger partial charge on any atom is 0.226 e. The second-order valence-electron chi connectivity index (χ2n) is 6.10. The second kappa shape index (κ2) is 8.11. The molecule has 1 heterocycles. The van der Waals surface area contributed by atoms with E-state index in [-0.39, 0.29) is 17.8 Å². The first-order valence-corrected chi connectivity index (χ1v) is 7.76. The minimum atomic E-state index is -0.0230. The summed E-state index contributed by atoms with van der Waals surface area (Å²) < 4.78 is 0. The molecule has 1 aliphatic carbocycles. The van der Waals surface area contributed by atoms with Gasteiger partial charge in [0, 0.05) is 12.0 Å². The molecule has 112 valence electrons. The molecule has 2 fully saturated rings. The minimum absolute atomic E-state index is 0. The second-order valence-corrected chi connectivity index (χ2v) is 6.10. The molecule has 1 unspecified atom stereocenters. The summed E-state index contributed by atoms with van der Waals surface area (Å²) in [6.45, 7) is 5.33. The van der Waals surface area contributed by atoms with E-state index in [1.54, 1.807) is 0 Å². The molecule has 2 N–H and O–H groups in total. The van der Waals surface area contributed by atoms with Crippen molar-refractivity contribution in [2.24, 2.45) is 11.3 Å². The maximum atomic E-state index is 12.3.